The zero-order valence-corrected chi connectivity index (χ0v) is 16.5. The van der Waals surface area contributed by atoms with Crippen LogP contribution in [0.25, 0.3) is 5.95 Å². The molecular formula is C18H22BrN5O. The number of halogens is 1. The third-order valence-corrected chi connectivity index (χ3v) is 4.75. The lowest BCUT2D eigenvalue weighted by Crippen LogP contribution is -2.36. The van der Waals surface area contributed by atoms with Gasteiger partial charge in [0.1, 0.15) is 5.84 Å². The van der Waals surface area contributed by atoms with E-state index in [0.717, 1.165) is 17.8 Å². The van der Waals surface area contributed by atoms with Crippen molar-refractivity contribution >= 4 is 33.5 Å². The molecule has 2 aromatic rings. The molecule has 0 bridgehead atoms. The van der Waals surface area contributed by atoms with Gasteiger partial charge in [-0.2, -0.15) is 4.98 Å². The zero-order valence-electron chi connectivity index (χ0n) is 14.9. The normalized spacial score (nSPS) is 10.6. The largest absolute Gasteiger partial charge is 0.288 e. The first-order valence-electron chi connectivity index (χ1n) is 8.05. The molecule has 0 fully saturated rings. The van der Waals surface area contributed by atoms with Crippen molar-refractivity contribution in [2.24, 2.45) is 0 Å². The van der Waals surface area contributed by atoms with Crippen LogP contribution in [-0.4, -0.2) is 26.3 Å². The molecule has 132 valence electrons. The van der Waals surface area contributed by atoms with Crippen LogP contribution in [0.4, 0.5) is 5.82 Å². The summed E-state index contributed by atoms with van der Waals surface area (Å²) < 4.78 is 2.51. The molecule has 6 nitrogen and oxygen atoms in total. The number of nitrogens with zero attached hydrogens (tertiary/aromatic N) is 4. The molecule has 0 aliphatic rings. The molecule has 2 heterocycles. The summed E-state index contributed by atoms with van der Waals surface area (Å²) in [5.41, 5.74) is 2.68. The zero-order chi connectivity index (χ0) is 18.7. The Morgan fingerprint density at radius 1 is 1.32 bits per heavy atom. The highest BCUT2D eigenvalue weighted by molar-refractivity contribution is 9.10. The fourth-order valence-electron chi connectivity index (χ4n) is 2.57. The Morgan fingerprint density at radius 3 is 2.44 bits per heavy atom. The minimum absolute atomic E-state index is 0.179. The molecule has 0 unspecified atom stereocenters. The molecule has 1 N–H and O–H groups in total. The number of carbonyl (C=O) groups excluding carboxylic acids is 1. The lowest BCUT2D eigenvalue weighted by Gasteiger charge is -2.23. The first-order chi connectivity index (χ1) is 11.8. The summed E-state index contributed by atoms with van der Waals surface area (Å²) in [4.78, 5) is 22.8. The van der Waals surface area contributed by atoms with Crippen LogP contribution in [0.1, 0.15) is 36.8 Å². The SMILES string of the molecule is C=CC(=O)N(C(=N)CCC)c1nc(-n2c(C)ccc2C)nc(C)c1Br. The topological polar surface area (TPSA) is 74.9 Å². The predicted molar refractivity (Wildman–Crippen MR) is 104 cm³/mol. The third kappa shape index (κ3) is 3.71. The van der Waals surface area contributed by atoms with Crippen LogP contribution >= 0.6 is 15.9 Å². The average molecular weight is 404 g/mol. The summed E-state index contributed by atoms with van der Waals surface area (Å²) >= 11 is 3.47. The standard InChI is InChI=1S/C18H22BrN5O/c1-6-8-14(20)24(15(25)7-2)17-16(19)13(5)21-18(22-17)23-11(3)9-10-12(23)4/h7,9-10,20H,2,6,8H2,1,3-5H3. The van der Waals surface area contributed by atoms with E-state index in [-0.39, 0.29) is 11.7 Å². The smallest absolute Gasteiger partial charge is 0.257 e. The number of aromatic nitrogens is 3. The minimum atomic E-state index is -0.385. The van der Waals surface area contributed by atoms with Gasteiger partial charge in [0.05, 0.1) is 10.2 Å². The van der Waals surface area contributed by atoms with E-state index in [2.05, 4.69) is 32.5 Å². The van der Waals surface area contributed by atoms with Gasteiger partial charge in [-0.3, -0.25) is 14.8 Å². The van der Waals surface area contributed by atoms with Crippen LogP contribution in [0, 0.1) is 26.2 Å². The molecule has 25 heavy (non-hydrogen) atoms. The minimum Gasteiger partial charge on any atom is -0.288 e. The molecule has 2 rings (SSSR count). The Balaban J connectivity index is 2.68. The number of amidine groups is 1. The van der Waals surface area contributed by atoms with E-state index in [1.54, 1.807) is 0 Å². The lowest BCUT2D eigenvalue weighted by atomic mass is 10.2. The van der Waals surface area contributed by atoms with E-state index < -0.39 is 0 Å². The fraction of sp³-hybridized carbons (Fsp3) is 0.333. The van der Waals surface area contributed by atoms with Gasteiger partial charge >= 0.3 is 0 Å². The number of rotatable bonds is 5. The molecule has 0 atom stereocenters. The van der Waals surface area contributed by atoms with Gasteiger partial charge in [0.15, 0.2) is 5.82 Å². The molecule has 0 aliphatic carbocycles. The molecule has 0 spiro atoms. The Bertz CT molecular complexity index is 821. The number of carbonyl (C=O) groups is 1. The van der Waals surface area contributed by atoms with Gasteiger partial charge in [0.2, 0.25) is 5.95 Å². The van der Waals surface area contributed by atoms with Crippen molar-refractivity contribution in [3.8, 4) is 5.95 Å². The van der Waals surface area contributed by atoms with Gasteiger partial charge in [0.25, 0.3) is 5.91 Å². The Morgan fingerprint density at radius 2 is 1.92 bits per heavy atom. The molecule has 0 aliphatic heterocycles. The summed E-state index contributed by atoms with van der Waals surface area (Å²) in [5, 5.41) is 8.28. The van der Waals surface area contributed by atoms with Crippen LogP contribution in [0.15, 0.2) is 29.3 Å². The van der Waals surface area contributed by atoms with E-state index in [4.69, 9.17) is 5.41 Å². The fourth-order valence-corrected chi connectivity index (χ4v) is 2.92. The monoisotopic (exact) mass is 403 g/mol. The maximum atomic E-state index is 12.4. The van der Waals surface area contributed by atoms with Crippen LogP contribution < -0.4 is 4.90 Å². The number of aryl methyl sites for hydroxylation is 3. The maximum Gasteiger partial charge on any atom is 0.257 e. The molecule has 2 aromatic heterocycles. The quantitative estimate of drug-likeness (QED) is 0.460. The molecule has 0 radical (unpaired) electrons. The predicted octanol–water partition coefficient (Wildman–Crippen LogP) is 4.25. The highest BCUT2D eigenvalue weighted by Gasteiger charge is 2.24. The summed E-state index contributed by atoms with van der Waals surface area (Å²) in [6, 6.07) is 3.98. The van der Waals surface area contributed by atoms with E-state index in [9.17, 15) is 4.79 Å². The highest BCUT2D eigenvalue weighted by Crippen LogP contribution is 2.29. The van der Waals surface area contributed by atoms with Crippen LogP contribution in [0.3, 0.4) is 0 Å². The Kier molecular flexibility index (Phi) is 5.89. The van der Waals surface area contributed by atoms with Gasteiger partial charge in [-0.15, -0.1) is 0 Å². The van der Waals surface area contributed by atoms with Crippen molar-refractivity contribution in [2.75, 3.05) is 4.90 Å². The van der Waals surface area contributed by atoms with Crippen molar-refractivity contribution < 1.29 is 4.79 Å². The number of anilines is 1. The summed E-state index contributed by atoms with van der Waals surface area (Å²) in [6.07, 6.45) is 2.41. The van der Waals surface area contributed by atoms with Gasteiger partial charge in [-0.25, -0.2) is 9.88 Å². The molecule has 7 heteroatoms. The molecule has 0 aromatic carbocycles. The van der Waals surface area contributed by atoms with Crippen LogP contribution in [0.2, 0.25) is 0 Å². The third-order valence-electron chi connectivity index (χ3n) is 3.82. The van der Waals surface area contributed by atoms with Gasteiger partial charge in [0, 0.05) is 17.8 Å². The summed E-state index contributed by atoms with van der Waals surface area (Å²) in [5.74, 6) is 0.627. The number of hydrogen-bond donors (Lipinski definition) is 1. The van der Waals surface area contributed by atoms with Crippen molar-refractivity contribution in [3.63, 3.8) is 0 Å². The van der Waals surface area contributed by atoms with Crippen molar-refractivity contribution in [1.82, 2.24) is 14.5 Å². The van der Waals surface area contributed by atoms with Crippen LogP contribution in [-0.2, 0) is 4.79 Å². The van der Waals surface area contributed by atoms with E-state index in [0.29, 0.717) is 28.4 Å². The van der Waals surface area contributed by atoms with Crippen molar-refractivity contribution in [3.05, 3.63) is 46.3 Å². The second-order valence-electron chi connectivity index (χ2n) is 5.77. The van der Waals surface area contributed by atoms with Gasteiger partial charge in [-0.1, -0.05) is 13.5 Å². The molecular weight excluding hydrogens is 382 g/mol. The second kappa shape index (κ2) is 7.74. The Labute approximate surface area is 156 Å². The Hall–Kier alpha value is -2.28. The summed E-state index contributed by atoms with van der Waals surface area (Å²) in [7, 11) is 0. The number of nitrogens with one attached hydrogen (secondary N) is 1. The van der Waals surface area contributed by atoms with Gasteiger partial charge in [-0.05, 0) is 61.3 Å². The molecule has 0 saturated heterocycles. The first kappa shape index (κ1) is 19.1. The lowest BCUT2D eigenvalue weighted by molar-refractivity contribution is -0.113. The molecule has 1 amide bonds. The van der Waals surface area contributed by atoms with E-state index in [1.807, 2.05) is 44.4 Å². The van der Waals surface area contributed by atoms with E-state index in [1.165, 1.54) is 11.0 Å². The van der Waals surface area contributed by atoms with Crippen molar-refractivity contribution in [2.45, 2.75) is 40.5 Å². The highest BCUT2D eigenvalue weighted by atomic mass is 79.9. The number of hydrogen-bond acceptors (Lipinski definition) is 4. The average Bonchev–Trinajstić information content (AvgIpc) is 2.90. The molecule has 0 saturated carbocycles. The van der Waals surface area contributed by atoms with Gasteiger partial charge < -0.3 is 0 Å². The second-order valence-corrected chi connectivity index (χ2v) is 6.57. The van der Waals surface area contributed by atoms with E-state index >= 15 is 0 Å². The summed E-state index contributed by atoms with van der Waals surface area (Å²) in [6.45, 7) is 11.3. The van der Waals surface area contributed by atoms with Crippen LogP contribution in [0.5, 0.6) is 0 Å². The van der Waals surface area contributed by atoms with Crippen molar-refractivity contribution in [1.29, 1.82) is 5.41 Å². The first-order valence-corrected chi connectivity index (χ1v) is 8.84. The maximum absolute atomic E-state index is 12.4. The number of amides is 1.